The predicted octanol–water partition coefficient (Wildman–Crippen LogP) is 2.72. The number of carbonyl (C=O) groups is 2. The molecule has 25 heavy (non-hydrogen) atoms. The Morgan fingerprint density at radius 3 is 2.48 bits per heavy atom. The molecule has 0 bridgehead atoms. The third-order valence-corrected chi connectivity index (χ3v) is 6.35. The highest BCUT2D eigenvalue weighted by atomic mass is 19.1. The smallest absolute Gasteiger partial charge is 0.235 e. The SMILES string of the molecule is CC1CCN(C(=O)C2(c3ccc(F)cc3)CC3CCC(=O)N3C2)CC1. The first-order valence-electron chi connectivity index (χ1n) is 9.34. The van der Waals surface area contributed by atoms with Gasteiger partial charge < -0.3 is 9.80 Å². The van der Waals surface area contributed by atoms with Crippen molar-refractivity contribution in [2.45, 2.75) is 50.5 Å². The van der Waals surface area contributed by atoms with Crippen molar-refractivity contribution < 1.29 is 14.0 Å². The van der Waals surface area contributed by atoms with Crippen LogP contribution in [-0.4, -0.2) is 47.3 Å². The van der Waals surface area contributed by atoms with Crippen molar-refractivity contribution in [3.63, 3.8) is 0 Å². The molecule has 3 fully saturated rings. The Labute approximate surface area is 148 Å². The van der Waals surface area contributed by atoms with Crippen molar-refractivity contribution in [1.29, 1.82) is 0 Å². The van der Waals surface area contributed by atoms with Gasteiger partial charge in [0, 0.05) is 32.1 Å². The Morgan fingerprint density at radius 1 is 1.16 bits per heavy atom. The average molecular weight is 344 g/mol. The fourth-order valence-electron chi connectivity index (χ4n) is 4.75. The number of halogens is 1. The van der Waals surface area contributed by atoms with Gasteiger partial charge >= 0.3 is 0 Å². The number of carbonyl (C=O) groups excluding carboxylic acids is 2. The largest absolute Gasteiger partial charge is 0.342 e. The Kier molecular flexibility index (Phi) is 4.05. The first-order chi connectivity index (χ1) is 12.0. The maximum Gasteiger partial charge on any atom is 0.235 e. The Morgan fingerprint density at radius 2 is 1.84 bits per heavy atom. The molecule has 1 aromatic rings. The summed E-state index contributed by atoms with van der Waals surface area (Å²) >= 11 is 0. The van der Waals surface area contributed by atoms with Gasteiger partial charge in [-0.2, -0.15) is 0 Å². The van der Waals surface area contributed by atoms with Crippen LogP contribution in [0.3, 0.4) is 0 Å². The van der Waals surface area contributed by atoms with E-state index in [9.17, 15) is 14.0 Å². The van der Waals surface area contributed by atoms with Crippen LogP contribution in [-0.2, 0) is 15.0 Å². The number of hydrogen-bond donors (Lipinski definition) is 0. The van der Waals surface area contributed by atoms with Gasteiger partial charge in [-0.1, -0.05) is 19.1 Å². The van der Waals surface area contributed by atoms with Gasteiger partial charge in [0.15, 0.2) is 0 Å². The van der Waals surface area contributed by atoms with Crippen LogP contribution >= 0.6 is 0 Å². The minimum Gasteiger partial charge on any atom is -0.342 e. The summed E-state index contributed by atoms with van der Waals surface area (Å²) in [6.07, 6.45) is 4.12. The summed E-state index contributed by atoms with van der Waals surface area (Å²) < 4.78 is 13.4. The van der Waals surface area contributed by atoms with E-state index in [4.69, 9.17) is 0 Å². The molecule has 3 heterocycles. The zero-order chi connectivity index (χ0) is 17.6. The zero-order valence-corrected chi connectivity index (χ0v) is 14.7. The van der Waals surface area contributed by atoms with Crippen LogP contribution in [0.15, 0.2) is 24.3 Å². The number of amides is 2. The lowest BCUT2D eigenvalue weighted by molar-refractivity contribution is -0.139. The number of rotatable bonds is 2. The highest BCUT2D eigenvalue weighted by molar-refractivity contribution is 5.91. The van der Waals surface area contributed by atoms with Crippen molar-refractivity contribution in [3.05, 3.63) is 35.6 Å². The number of fused-ring (bicyclic) bond motifs is 1. The van der Waals surface area contributed by atoms with Crippen LogP contribution in [0.25, 0.3) is 0 Å². The molecule has 2 amide bonds. The molecule has 0 saturated carbocycles. The van der Waals surface area contributed by atoms with E-state index >= 15 is 0 Å². The summed E-state index contributed by atoms with van der Waals surface area (Å²) in [5.74, 6) is 0.620. The highest BCUT2D eigenvalue weighted by Gasteiger charge is 2.54. The molecule has 3 aliphatic rings. The molecule has 3 saturated heterocycles. The summed E-state index contributed by atoms with van der Waals surface area (Å²) in [5, 5.41) is 0. The van der Waals surface area contributed by atoms with Crippen molar-refractivity contribution >= 4 is 11.8 Å². The zero-order valence-electron chi connectivity index (χ0n) is 14.7. The lowest BCUT2D eigenvalue weighted by Gasteiger charge is -2.38. The number of piperidine rings is 1. The minimum absolute atomic E-state index is 0.119. The number of benzene rings is 1. The van der Waals surface area contributed by atoms with Gasteiger partial charge in [0.05, 0.1) is 5.41 Å². The van der Waals surface area contributed by atoms with E-state index < -0.39 is 5.41 Å². The van der Waals surface area contributed by atoms with Crippen LogP contribution in [0.2, 0.25) is 0 Å². The molecule has 134 valence electrons. The van der Waals surface area contributed by atoms with E-state index in [-0.39, 0.29) is 23.7 Å². The minimum atomic E-state index is -0.713. The van der Waals surface area contributed by atoms with E-state index in [0.717, 1.165) is 37.9 Å². The molecule has 4 rings (SSSR count). The van der Waals surface area contributed by atoms with E-state index in [2.05, 4.69) is 6.92 Å². The van der Waals surface area contributed by atoms with Crippen LogP contribution in [0.1, 0.15) is 44.6 Å². The van der Waals surface area contributed by atoms with Gasteiger partial charge in [-0.25, -0.2) is 4.39 Å². The van der Waals surface area contributed by atoms with Gasteiger partial charge in [0.1, 0.15) is 5.82 Å². The standard InChI is InChI=1S/C20H25FN2O2/c1-14-8-10-22(11-9-14)19(25)20(15-2-4-16(21)5-3-15)12-17-6-7-18(24)23(17)13-20/h2-5,14,17H,6-13H2,1H3. The van der Waals surface area contributed by atoms with Crippen molar-refractivity contribution in [2.24, 2.45) is 5.92 Å². The molecular weight excluding hydrogens is 319 g/mol. The van der Waals surface area contributed by atoms with Crippen LogP contribution < -0.4 is 0 Å². The number of nitrogens with zero attached hydrogens (tertiary/aromatic N) is 2. The summed E-state index contributed by atoms with van der Waals surface area (Å²) in [5.41, 5.74) is 0.134. The molecule has 0 aliphatic carbocycles. The Hall–Kier alpha value is -1.91. The monoisotopic (exact) mass is 344 g/mol. The van der Waals surface area contributed by atoms with Gasteiger partial charge in [0.2, 0.25) is 11.8 Å². The normalized spacial score (nSPS) is 30.0. The molecule has 3 aliphatic heterocycles. The molecule has 5 heteroatoms. The Balaban J connectivity index is 1.68. The van der Waals surface area contributed by atoms with E-state index in [1.165, 1.54) is 12.1 Å². The molecule has 0 N–H and O–H groups in total. The lowest BCUT2D eigenvalue weighted by Crippen LogP contribution is -2.51. The third-order valence-electron chi connectivity index (χ3n) is 6.35. The molecule has 4 nitrogen and oxygen atoms in total. The maximum absolute atomic E-state index is 13.5. The third kappa shape index (κ3) is 2.74. The van der Waals surface area contributed by atoms with Crippen molar-refractivity contribution in [2.75, 3.05) is 19.6 Å². The summed E-state index contributed by atoms with van der Waals surface area (Å²) in [6, 6.07) is 6.45. The Bertz CT molecular complexity index is 681. The van der Waals surface area contributed by atoms with Crippen molar-refractivity contribution in [3.8, 4) is 0 Å². The average Bonchev–Trinajstić information content (AvgIpc) is 3.16. The second-order valence-electron chi connectivity index (χ2n) is 7.98. The predicted molar refractivity (Wildman–Crippen MR) is 92.4 cm³/mol. The quantitative estimate of drug-likeness (QED) is 0.828. The lowest BCUT2D eigenvalue weighted by atomic mass is 9.76. The van der Waals surface area contributed by atoms with Gasteiger partial charge in [0.25, 0.3) is 0 Å². The first-order valence-corrected chi connectivity index (χ1v) is 9.34. The summed E-state index contributed by atoms with van der Waals surface area (Å²) in [6.45, 7) is 4.22. The van der Waals surface area contributed by atoms with Crippen LogP contribution in [0.5, 0.6) is 0 Å². The van der Waals surface area contributed by atoms with Crippen LogP contribution in [0, 0.1) is 11.7 Å². The van der Waals surface area contributed by atoms with Gasteiger partial charge in [-0.3, -0.25) is 9.59 Å². The highest BCUT2D eigenvalue weighted by Crippen LogP contribution is 2.44. The second kappa shape index (κ2) is 6.11. The number of hydrogen-bond acceptors (Lipinski definition) is 2. The summed E-state index contributed by atoms with van der Waals surface area (Å²) in [4.78, 5) is 29.6. The molecular formula is C20H25FN2O2. The summed E-state index contributed by atoms with van der Waals surface area (Å²) in [7, 11) is 0. The molecule has 0 aromatic heterocycles. The second-order valence-corrected chi connectivity index (χ2v) is 7.98. The van der Waals surface area contributed by atoms with Gasteiger partial charge in [-0.15, -0.1) is 0 Å². The van der Waals surface area contributed by atoms with E-state index in [1.54, 1.807) is 12.1 Å². The fourth-order valence-corrected chi connectivity index (χ4v) is 4.75. The molecule has 0 radical (unpaired) electrons. The van der Waals surface area contributed by atoms with Gasteiger partial charge in [-0.05, 0) is 49.3 Å². The van der Waals surface area contributed by atoms with E-state index in [1.807, 2.05) is 9.80 Å². The fraction of sp³-hybridized carbons (Fsp3) is 0.600. The van der Waals surface area contributed by atoms with Crippen LogP contribution in [0.4, 0.5) is 4.39 Å². The molecule has 1 aromatic carbocycles. The number of likely N-dealkylation sites (tertiary alicyclic amines) is 1. The van der Waals surface area contributed by atoms with Crippen molar-refractivity contribution in [1.82, 2.24) is 9.80 Å². The van der Waals surface area contributed by atoms with E-state index in [0.29, 0.717) is 25.3 Å². The topological polar surface area (TPSA) is 40.6 Å². The first kappa shape index (κ1) is 16.6. The maximum atomic E-state index is 13.5. The molecule has 0 spiro atoms. The molecule has 2 atom stereocenters. The molecule has 2 unspecified atom stereocenters.